The summed E-state index contributed by atoms with van der Waals surface area (Å²) >= 11 is 0. The summed E-state index contributed by atoms with van der Waals surface area (Å²) in [6.45, 7) is 0. The molecule has 0 aliphatic rings. The molecule has 1 aromatic heterocycles. The van der Waals surface area contributed by atoms with Gasteiger partial charge in [0, 0.05) is 10.9 Å². The van der Waals surface area contributed by atoms with E-state index in [0.717, 1.165) is 21.7 Å². The number of rotatable bonds is 4. The van der Waals surface area contributed by atoms with Gasteiger partial charge in [-0.2, -0.15) is 0 Å². The molecule has 0 fully saturated rings. The highest BCUT2D eigenvalue weighted by Gasteiger charge is 2.14. The van der Waals surface area contributed by atoms with E-state index in [-0.39, 0.29) is 17.7 Å². The molecule has 0 bridgehead atoms. The first kappa shape index (κ1) is 15.9. The predicted molar refractivity (Wildman–Crippen MR) is 93.8 cm³/mol. The number of furan rings is 1. The van der Waals surface area contributed by atoms with Crippen LogP contribution in [0.2, 0.25) is 0 Å². The van der Waals surface area contributed by atoms with Crippen molar-refractivity contribution >= 4 is 33.7 Å². The maximum absolute atomic E-state index is 12.3. The van der Waals surface area contributed by atoms with E-state index < -0.39 is 11.9 Å². The lowest BCUT2D eigenvalue weighted by Gasteiger charge is -2.06. The Kier molecular flexibility index (Phi) is 3.89. The molecular formula is C21H13O5-. The number of carboxylic acids is 1. The average molecular weight is 345 g/mol. The molecule has 26 heavy (non-hydrogen) atoms. The standard InChI is InChI=1S/C21H14O5/c22-19(26-16-8-5-14(6-9-16)21(23)24)11-15-12-25-18-10-7-13-3-1-2-4-17(13)20(15)18/h1-10,12H,11H2,(H,23,24)/p-1. The van der Waals surface area contributed by atoms with Crippen LogP contribution in [0.3, 0.4) is 0 Å². The van der Waals surface area contributed by atoms with E-state index in [1.165, 1.54) is 24.3 Å². The first-order valence-electron chi connectivity index (χ1n) is 8.02. The van der Waals surface area contributed by atoms with Gasteiger partial charge in [0.2, 0.25) is 0 Å². The van der Waals surface area contributed by atoms with Gasteiger partial charge in [-0.1, -0.05) is 30.3 Å². The molecule has 0 atom stereocenters. The van der Waals surface area contributed by atoms with Crippen molar-refractivity contribution < 1.29 is 23.8 Å². The van der Waals surface area contributed by atoms with Crippen LogP contribution in [0.5, 0.6) is 5.75 Å². The lowest BCUT2D eigenvalue weighted by Crippen LogP contribution is -2.22. The molecule has 5 nitrogen and oxygen atoms in total. The lowest BCUT2D eigenvalue weighted by atomic mass is 10.0. The van der Waals surface area contributed by atoms with E-state index in [2.05, 4.69) is 0 Å². The van der Waals surface area contributed by atoms with E-state index in [9.17, 15) is 14.7 Å². The number of aromatic carboxylic acids is 1. The number of esters is 1. The van der Waals surface area contributed by atoms with Gasteiger partial charge in [0.1, 0.15) is 11.3 Å². The molecule has 0 N–H and O–H groups in total. The van der Waals surface area contributed by atoms with E-state index >= 15 is 0 Å². The van der Waals surface area contributed by atoms with Crippen LogP contribution in [0.15, 0.2) is 71.3 Å². The SMILES string of the molecule is O=C(Cc1coc2ccc3ccccc3c12)Oc1ccc(C(=O)[O-])cc1. The van der Waals surface area contributed by atoms with Crippen LogP contribution in [0.1, 0.15) is 15.9 Å². The number of benzene rings is 3. The fourth-order valence-electron chi connectivity index (χ4n) is 2.99. The molecule has 4 aromatic rings. The Morgan fingerprint density at radius 2 is 1.73 bits per heavy atom. The summed E-state index contributed by atoms with van der Waals surface area (Å²) in [7, 11) is 0. The monoisotopic (exact) mass is 345 g/mol. The quantitative estimate of drug-likeness (QED) is 0.419. The third-order valence-electron chi connectivity index (χ3n) is 4.20. The van der Waals surface area contributed by atoms with Crippen LogP contribution in [0, 0.1) is 0 Å². The second kappa shape index (κ2) is 6.37. The largest absolute Gasteiger partial charge is 0.545 e. The van der Waals surface area contributed by atoms with E-state index in [4.69, 9.17) is 9.15 Å². The van der Waals surface area contributed by atoms with E-state index in [1.54, 1.807) is 6.26 Å². The second-order valence-corrected chi connectivity index (χ2v) is 5.88. The van der Waals surface area contributed by atoms with Crippen molar-refractivity contribution in [2.45, 2.75) is 6.42 Å². The van der Waals surface area contributed by atoms with Crippen molar-refractivity contribution in [3.8, 4) is 5.75 Å². The Labute approximate surface area is 148 Å². The van der Waals surface area contributed by atoms with Gasteiger partial charge in [0.15, 0.2) is 0 Å². The van der Waals surface area contributed by atoms with Crippen LogP contribution in [-0.2, 0) is 11.2 Å². The Hall–Kier alpha value is -3.60. The van der Waals surface area contributed by atoms with Gasteiger partial charge in [-0.25, -0.2) is 0 Å². The zero-order valence-corrected chi connectivity index (χ0v) is 13.6. The van der Waals surface area contributed by atoms with Crippen LogP contribution >= 0.6 is 0 Å². The Balaban J connectivity index is 1.59. The number of fused-ring (bicyclic) bond motifs is 3. The highest BCUT2D eigenvalue weighted by Crippen LogP contribution is 2.30. The van der Waals surface area contributed by atoms with E-state index in [1.807, 2.05) is 36.4 Å². The summed E-state index contributed by atoms with van der Waals surface area (Å²) in [4.78, 5) is 23.0. The molecule has 4 rings (SSSR count). The normalized spacial score (nSPS) is 10.9. The highest BCUT2D eigenvalue weighted by atomic mass is 16.5. The van der Waals surface area contributed by atoms with Crippen LogP contribution < -0.4 is 9.84 Å². The van der Waals surface area contributed by atoms with E-state index in [0.29, 0.717) is 5.58 Å². The van der Waals surface area contributed by atoms with Crippen molar-refractivity contribution in [3.05, 3.63) is 78.1 Å². The topological polar surface area (TPSA) is 79.6 Å². The van der Waals surface area contributed by atoms with Gasteiger partial charge in [-0.15, -0.1) is 0 Å². The van der Waals surface area contributed by atoms with Gasteiger partial charge in [-0.3, -0.25) is 4.79 Å². The summed E-state index contributed by atoms with van der Waals surface area (Å²) in [5.74, 6) is -1.46. The number of carbonyl (C=O) groups is 2. The maximum atomic E-state index is 12.3. The third-order valence-corrected chi connectivity index (χ3v) is 4.20. The van der Waals surface area contributed by atoms with Gasteiger partial charge < -0.3 is 19.1 Å². The van der Waals surface area contributed by atoms with Crippen molar-refractivity contribution in [1.29, 1.82) is 0 Å². The Morgan fingerprint density at radius 3 is 2.50 bits per heavy atom. The summed E-state index contributed by atoms with van der Waals surface area (Å²) in [6.07, 6.45) is 1.61. The minimum atomic E-state index is -1.28. The first-order chi connectivity index (χ1) is 12.6. The summed E-state index contributed by atoms with van der Waals surface area (Å²) in [5, 5.41) is 13.7. The molecule has 3 aromatic carbocycles. The maximum Gasteiger partial charge on any atom is 0.315 e. The van der Waals surface area contributed by atoms with Crippen molar-refractivity contribution in [3.63, 3.8) is 0 Å². The molecule has 0 aliphatic carbocycles. The second-order valence-electron chi connectivity index (χ2n) is 5.88. The number of hydrogen-bond donors (Lipinski definition) is 0. The molecule has 0 radical (unpaired) electrons. The van der Waals surface area contributed by atoms with Gasteiger partial charge in [-0.05, 0) is 46.7 Å². The molecule has 0 amide bonds. The number of hydrogen-bond acceptors (Lipinski definition) is 5. The fourth-order valence-corrected chi connectivity index (χ4v) is 2.99. The fraction of sp³-hybridized carbons (Fsp3) is 0.0476. The minimum Gasteiger partial charge on any atom is -0.545 e. The molecule has 5 heteroatoms. The van der Waals surface area contributed by atoms with Crippen LogP contribution in [-0.4, -0.2) is 11.9 Å². The number of carboxylic acid groups (broad SMARTS) is 1. The van der Waals surface area contributed by atoms with Crippen LogP contribution in [0.25, 0.3) is 21.7 Å². The lowest BCUT2D eigenvalue weighted by molar-refractivity contribution is -0.255. The molecule has 1 heterocycles. The molecule has 128 valence electrons. The molecule has 0 unspecified atom stereocenters. The Bertz CT molecular complexity index is 1120. The first-order valence-corrected chi connectivity index (χ1v) is 8.02. The predicted octanol–water partition coefficient (Wildman–Crippen LogP) is 3.10. The van der Waals surface area contributed by atoms with Crippen molar-refractivity contribution in [2.75, 3.05) is 0 Å². The summed E-state index contributed by atoms with van der Waals surface area (Å²) < 4.78 is 10.9. The molecular weight excluding hydrogens is 332 g/mol. The summed E-state index contributed by atoms with van der Waals surface area (Å²) in [5.41, 5.74) is 1.48. The molecule has 0 spiro atoms. The van der Waals surface area contributed by atoms with Crippen molar-refractivity contribution in [2.24, 2.45) is 0 Å². The molecule has 0 saturated carbocycles. The zero-order chi connectivity index (χ0) is 18.1. The third kappa shape index (κ3) is 2.91. The highest BCUT2D eigenvalue weighted by molar-refractivity contribution is 6.08. The van der Waals surface area contributed by atoms with Crippen LogP contribution in [0.4, 0.5) is 0 Å². The number of carbonyl (C=O) groups excluding carboxylic acids is 2. The summed E-state index contributed by atoms with van der Waals surface area (Å²) in [6, 6.07) is 17.3. The molecule has 0 saturated heterocycles. The van der Waals surface area contributed by atoms with Gasteiger partial charge in [0.05, 0.1) is 18.7 Å². The smallest absolute Gasteiger partial charge is 0.315 e. The van der Waals surface area contributed by atoms with Gasteiger partial charge in [0.25, 0.3) is 0 Å². The average Bonchev–Trinajstić information content (AvgIpc) is 3.05. The zero-order valence-electron chi connectivity index (χ0n) is 13.6. The number of ether oxygens (including phenoxy) is 1. The molecule has 0 aliphatic heterocycles. The van der Waals surface area contributed by atoms with Crippen molar-refractivity contribution in [1.82, 2.24) is 0 Å². The van der Waals surface area contributed by atoms with Gasteiger partial charge >= 0.3 is 5.97 Å². The Morgan fingerprint density at radius 1 is 0.962 bits per heavy atom. The minimum absolute atomic E-state index is 0.0251.